The first kappa shape index (κ1) is 23.4. The second-order valence-corrected chi connectivity index (χ2v) is 9.60. The van der Waals surface area contributed by atoms with Crippen LogP contribution in [0, 0.1) is 0 Å². The molecule has 1 aliphatic carbocycles. The predicted molar refractivity (Wildman–Crippen MR) is 138 cm³/mol. The lowest BCUT2D eigenvalue weighted by atomic mass is 9.98. The second-order valence-electron chi connectivity index (χ2n) is 9.60. The van der Waals surface area contributed by atoms with Gasteiger partial charge in [0.1, 0.15) is 0 Å². The molecule has 2 aromatic carbocycles. The van der Waals surface area contributed by atoms with Gasteiger partial charge in [0.15, 0.2) is 11.5 Å². The van der Waals surface area contributed by atoms with Gasteiger partial charge < -0.3 is 14.4 Å². The summed E-state index contributed by atoms with van der Waals surface area (Å²) in [6, 6.07) is 18.4. The quantitative estimate of drug-likeness (QED) is 0.399. The molecule has 1 saturated carbocycles. The van der Waals surface area contributed by atoms with Crippen LogP contribution in [-0.4, -0.2) is 42.1 Å². The molecule has 5 nitrogen and oxygen atoms in total. The van der Waals surface area contributed by atoms with Gasteiger partial charge in [0.25, 0.3) is 5.91 Å². The maximum absolute atomic E-state index is 12.6. The minimum absolute atomic E-state index is 0.152. The third-order valence-corrected chi connectivity index (χ3v) is 7.20. The number of pyridine rings is 1. The lowest BCUT2D eigenvalue weighted by Crippen LogP contribution is -2.27. The number of rotatable bonds is 8. The van der Waals surface area contributed by atoms with Gasteiger partial charge in [-0.05, 0) is 98.9 Å². The number of methoxy groups -OCH3 is 1. The van der Waals surface area contributed by atoms with Crippen LogP contribution >= 0.6 is 0 Å². The summed E-state index contributed by atoms with van der Waals surface area (Å²) in [6.07, 6.45) is 10.7. The van der Waals surface area contributed by atoms with Crippen molar-refractivity contribution in [1.29, 1.82) is 0 Å². The molecule has 1 aliphatic heterocycles. The topological polar surface area (TPSA) is 51.7 Å². The van der Waals surface area contributed by atoms with E-state index in [9.17, 15) is 4.79 Å². The number of likely N-dealkylation sites (tertiary alicyclic amines) is 1. The van der Waals surface area contributed by atoms with E-state index in [2.05, 4.69) is 30.3 Å². The first-order valence-corrected chi connectivity index (χ1v) is 12.9. The SMILES string of the molecule is COc1ccc(-c2ncccc2CCc2ccc(C(=O)N3CCCC3)cc2)cc1OC1CCCC1. The average Bonchev–Trinajstić information content (AvgIpc) is 3.62. The summed E-state index contributed by atoms with van der Waals surface area (Å²) in [5, 5.41) is 0. The van der Waals surface area contributed by atoms with Gasteiger partial charge >= 0.3 is 0 Å². The van der Waals surface area contributed by atoms with Crippen molar-refractivity contribution in [3.05, 3.63) is 77.5 Å². The molecule has 2 aliphatic rings. The van der Waals surface area contributed by atoms with Crippen LogP contribution in [0.5, 0.6) is 11.5 Å². The van der Waals surface area contributed by atoms with Gasteiger partial charge in [0.05, 0.1) is 18.9 Å². The molecule has 5 heteroatoms. The molecule has 0 spiro atoms. The zero-order valence-electron chi connectivity index (χ0n) is 20.5. The molecule has 0 radical (unpaired) electrons. The highest BCUT2D eigenvalue weighted by Crippen LogP contribution is 2.36. The Morgan fingerprint density at radius 1 is 0.943 bits per heavy atom. The molecular formula is C30H34N2O3. The van der Waals surface area contributed by atoms with E-state index in [-0.39, 0.29) is 12.0 Å². The van der Waals surface area contributed by atoms with Gasteiger partial charge in [-0.1, -0.05) is 18.2 Å². The molecule has 1 aromatic heterocycles. The van der Waals surface area contributed by atoms with Gasteiger partial charge in [0, 0.05) is 30.4 Å². The summed E-state index contributed by atoms with van der Waals surface area (Å²) in [5.74, 6) is 1.71. The van der Waals surface area contributed by atoms with Crippen molar-refractivity contribution in [3.63, 3.8) is 0 Å². The first-order valence-electron chi connectivity index (χ1n) is 12.9. The summed E-state index contributed by atoms with van der Waals surface area (Å²) < 4.78 is 11.9. The molecule has 2 heterocycles. The second kappa shape index (κ2) is 10.9. The molecular weight excluding hydrogens is 436 g/mol. The number of amides is 1. The van der Waals surface area contributed by atoms with Crippen LogP contribution in [0.1, 0.15) is 60.0 Å². The number of carbonyl (C=O) groups is 1. The number of carbonyl (C=O) groups excluding carboxylic acids is 1. The smallest absolute Gasteiger partial charge is 0.253 e. The van der Waals surface area contributed by atoms with E-state index >= 15 is 0 Å². The van der Waals surface area contributed by atoms with E-state index in [4.69, 9.17) is 14.5 Å². The molecule has 1 saturated heterocycles. The molecule has 0 atom stereocenters. The number of benzene rings is 2. The van der Waals surface area contributed by atoms with Crippen LogP contribution in [-0.2, 0) is 12.8 Å². The van der Waals surface area contributed by atoms with Gasteiger partial charge in [0.2, 0.25) is 0 Å². The Kier molecular flexibility index (Phi) is 7.31. The Balaban J connectivity index is 1.30. The lowest BCUT2D eigenvalue weighted by Gasteiger charge is -2.17. The summed E-state index contributed by atoms with van der Waals surface area (Å²) in [6.45, 7) is 1.76. The minimum Gasteiger partial charge on any atom is -0.493 e. The Bertz CT molecular complexity index is 1150. The number of aromatic nitrogens is 1. The van der Waals surface area contributed by atoms with E-state index in [0.717, 1.165) is 79.9 Å². The van der Waals surface area contributed by atoms with E-state index in [1.807, 2.05) is 35.4 Å². The van der Waals surface area contributed by atoms with E-state index in [1.165, 1.54) is 24.0 Å². The van der Waals surface area contributed by atoms with Crippen molar-refractivity contribution < 1.29 is 14.3 Å². The predicted octanol–water partition coefficient (Wildman–Crippen LogP) is 6.10. The van der Waals surface area contributed by atoms with E-state index in [0.29, 0.717) is 0 Å². The van der Waals surface area contributed by atoms with Crippen molar-refractivity contribution in [2.24, 2.45) is 0 Å². The third-order valence-electron chi connectivity index (χ3n) is 7.20. The largest absolute Gasteiger partial charge is 0.493 e. The first-order chi connectivity index (χ1) is 17.2. The number of hydrogen-bond donors (Lipinski definition) is 0. The molecule has 0 bridgehead atoms. The highest BCUT2D eigenvalue weighted by atomic mass is 16.5. The Labute approximate surface area is 208 Å². The third kappa shape index (κ3) is 5.50. The Morgan fingerprint density at radius 3 is 2.46 bits per heavy atom. The fraction of sp³-hybridized carbons (Fsp3) is 0.400. The molecule has 0 N–H and O–H groups in total. The zero-order valence-corrected chi connectivity index (χ0v) is 20.5. The van der Waals surface area contributed by atoms with Crippen molar-refractivity contribution in [2.75, 3.05) is 20.2 Å². The fourth-order valence-corrected chi connectivity index (χ4v) is 5.20. The van der Waals surface area contributed by atoms with E-state index in [1.54, 1.807) is 7.11 Å². The molecule has 35 heavy (non-hydrogen) atoms. The van der Waals surface area contributed by atoms with Crippen molar-refractivity contribution in [3.8, 4) is 22.8 Å². The molecule has 182 valence electrons. The van der Waals surface area contributed by atoms with E-state index < -0.39 is 0 Å². The molecule has 1 amide bonds. The van der Waals surface area contributed by atoms with Gasteiger partial charge in [-0.2, -0.15) is 0 Å². The van der Waals surface area contributed by atoms with Crippen LogP contribution in [0.15, 0.2) is 60.8 Å². The maximum atomic E-state index is 12.6. The average molecular weight is 471 g/mol. The van der Waals surface area contributed by atoms with Crippen LogP contribution < -0.4 is 9.47 Å². The summed E-state index contributed by atoms with van der Waals surface area (Å²) in [7, 11) is 1.69. The highest BCUT2D eigenvalue weighted by Gasteiger charge is 2.20. The Hall–Kier alpha value is -3.34. The van der Waals surface area contributed by atoms with Crippen LogP contribution in [0.3, 0.4) is 0 Å². The number of nitrogens with zero attached hydrogens (tertiary/aromatic N) is 2. The van der Waals surface area contributed by atoms with Gasteiger partial charge in [-0.25, -0.2) is 0 Å². The summed E-state index contributed by atoms with van der Waals surface area (Å²) in [5.41, 5.74) is 5.22. The molecule has 5 rings (SSSR count). The van der Waals surface area contributed by atoms with Gasteiger partial charge in [-0.3, -0.25) is 9.78 Å². The standard InChI is InChI=1S/C30H34N2O3/c1-34-27-17-16-25(21-28(27)35-26-8-2-3-9-26)29-23(7-6-18-31-29)13-10-22-11-14-24(15-12-22)30(33)32-19-4-5-20-32/h6-7,11-12,14-18,21,26H,2-5,8-10,13,19-20H2,1H3. The summed E-state index contributed by atoms with van der Waals surface area (Å²) >= 11 is 0. The normalized spacial score (nSPS) is 16.0. The molecule has 0 unspecified atom stereocenters. The van der Waals surface area contributed by atoms with Crippen molar-refractivity contribution >= 4 is 5.91 Å². The monoisotopic (exact) mass is 470 g/mol. The van der Waals surface area contributed by atoms with Crippen LogP contribution in [0.4, 0.5) is 0 Å². The van der Waals surface area contributed by atoms with Crippen LogP contribution in [0.25, 0.3) is 11.3 Å². The zero-order chi connectivity index (χ0) is 24.0. The maximum Gasteiger partial charge on any atom is 0.253 e. The highest BCUT2D eigenvalue weighted by molar-refractivity contribution is 5.94. The van der Waals surface area contributed by atoms with Crippen molar-refractivity contribution in [2.45, 2.75) is 57.5 Å². The van der Waals surface area contributed by atoms with Crippen molar-refractivity contribution in [1.82, 2.24) is 9.88 Å². The van der Waals surface area contributed by atoms with Gasteiger partial charge in [-0.15, -0.1) is 0 Å². The summed E-state index contributed by atoms with van der Waals surface area (Å²) in [4.78, 5) is 19.3. The minimum atomic E-state index is 0.152. The lowest BCUT2D eigenvalue weighted by molar-refractivity contribution is 0.0793. The molecule has 2 fully saturated rings. The number of aryl methyl sites for hydroxylation is 2. The fourth-order valence-electron chi connectivity index (χ4n) is 5.20. The number of hydrogen-bond acceptors (Lipinski definition) is 4. The van der Waals surface area contributed by atoms with Crippen LogP contribution in [0.2, 0.25) is 0 Å². The number of ether oxygens (including phenoxy) is 2. The Morgan fingerprint density at radius 2 is 1.71 bits per heavy atom. The molecule has 3 aromatic rings.